The number of nitrogens with zero attached hydrogens (tertiary/aromatic N) is 2. The van der Waals surface area contributed by atoms with Gasteiger partial charge < -0.3 is 5.32 Å². The van der Waals surface area contributed by atoms with Crippen LogP contribution in [0.1, 0.15) is 23.6 Å². The number of rotatable bonds is 3. The van der Waals surface area contributed by atoms with E-state index in [1.165, 1.54) is 27.6 Å². The summed E-state index contributed by atoms with van der Waals surface area (Å²) in [4.78, 5) is 6.98. The predicted octanol–water partition coefficient (Wildman–Crippen LogP) is 3.68. The molecular weight excluding hydrogens is 302 g/mol. The van der Waals surface area contributed by atoms with Crippen molar-refractivity contribution in [3.05, 3.63) is 65.3 Å². The Hall–Kier alpha value is -1.75. The third-order valence-electron chi connectivity index (χ3n) is 4.55. The van der Waals surface area contributed by atoms with E-state index in [1.54, 1.807) is 0 Å². The summed E-state index contributed by atoms with van der Waals surface area (Å²) in [6.45, 7) is 4.36. The molecule has 1 aliphatic heterocycles. The second-order valence-corrected chi connectivity index (χ2v) is 6.93. The molecule has 3 nitrogen and oxygen atoms in total. The summed E-state index contributed by atoms with van der Waals surface area (Å²) in [5.41, 5.74) is 2.71. The first-order chi connectivity index (χ1) is 11.4. The van der Waals surface area contributed by atoms with E-state index in [9.17, 15) is 0 Å². The molecule has 2 aromatic heterocycles. The lowest BCUT2D eigenvalue weighted by atomic mass is 9.97. The zero-order chi connectivity index (χ0) is 15.5. The quantitative estimate of drug-likeness (QED) is 0.797. The normalized spacial score (nSPS) is 17.9. The average Bonchev–Trinajstić information content (AvgIpc) is 2.84. The van der Waals surface area contributed by atoms with Gasteiger partial charge in [0, 0.05) is 36.7 Å². The molecule has 3 heterocycles. The van der Waals surface area contributed by atoms with Gasteiger partial charge in [-0.25, -0.2) is 0 Å². The van der Waals surface area contributed by atoms with Crippen LogP contribution in [0.15, 0.2) is 54.2 Å². The second kappa shape index (κ2) is 6.79. The number of nitrogens with one attached hydrogen (secondary N) is 1. The lowest BCUT2D eigenvalue weighted by molar-refractivity contribution is 0.242. The van der Waals surface area contributed by atoms with E-state index in [1.807, 2.05) is 29.8 Å². The number of benzene rings is 1. The monoisotopic (exact) mass is 323 g/mol. The van der Waals surface area contributed by atoms with Crippen molar-refractivity contribution in [2.45, 2.75) is 12.5 Å². The molecule has 1 aromatic carbocycles. The molecule has 0 aliphatic carbocycles. The Morgan fingerprint density at radius 2 is 2.04 bits per heavy atom. The number of thiophene rings is 1. The van der Waals surface area contributed by atoms with Crippen LogP contribution < -0.4 is 5.32 Å². The van der Waals surface area contributed by atoms with E-state index in [0.29, 0.717) is 6.04 Å². The van der Waals surface area contributed by atoms with E-state index >= 15 is 0 Å². The topological polar surface area (TPSA) is 28.2 Å². The van der Waals surface area contributed by atoms with E-state index in [2.05, 4.69) is 50.9 Å². The van der Waals surface area contributed by atoms with Crippen LogP contribution >= 0.6 is 11.3 Å². The van der Waals surface area contributed by atoms with Gasteiger partial charge in [-0.2, -0.15) is 0 Å². The van der Waals surface area contributed by atoms with Crippen molar-refractivity contribution < 1.29 is 0 Å². The molecule has 4 heteroatoms. The molecule has 1 aliphatic rings. The molecule has 1 fully saturated rings. The van der Waals surface area contributed by atoms with Crippen LogP contribution in [-0.2, 0) is 0 Å². The zero-order valence-electron chi connectivity index (χ0n) is 13.1. The molecule has 118 valence electrons. The van der Waals surface area contributed by atoms with Gasteiger partial charge in [-0.05, 0) is 47.0 Å². The minimum atomic E-state index is 0.291. The molecule has 1 unspecified atom stereocenters. The zero-order valence-corrected chi connectivity index (χ0v) is 13.9. The summed E-state index contributed by atoms with van der Waals surface area (Å²) in [5.74, 6) is 0. The molecule has 1 saturated heterocycles. The van der Waals surface area contributed by atoms with E-state index in [0.717, 1.165) is 26.2 Å². The van der Waals surface area contributed by atoms with Crippen LogP contribution in [0.5, 0.6) is 0 Å². The van der Waals surface area contributed by atoms with Gasteiger partial charge in [0.05, 0.1) is 6.04 Å². The fourth-order valence-electron chi connectivity index (χ4n) is 3.46. The Labute approximate surface area is 141 Å². The van der Waals surface area contributed by atoms with Crippen LogP contribution in [0.4, 0.5) is 0 Å². The lowest BCUT2D eigenvalue weighted by Crippen LogP contribution is -2.33. The van der Waals surface area contributed by atoms with Crippen molar-refractivity contribution >= 4 is 21.4 Å². The SMILES string of the molecule is c1cncc(C(c2csc3ccccc23)N2CCCNCC2)c1. The van der Waals surface area contributed by atoms with Gasteiger partial charge in [-0.3, -0.25) is 9.88 Å². The van der Waals surface area contributed by atoms with Crippen molar-refractivity contribution in [3.63, 3.8) is 0 Å². The van der Waals surface area contributed by atoms with E-state index in [4.69, 9.17) is 0 Å². The smallest absolute Gasteiger partial charge is 0.0631 e. The number of hydrogen-bond acceptors (Lipinski definition) is 4. The molecule has 0 spiro atoms. The minimum Gasteiger partial charge on any atom is -0.315 e. The van der Waals surface area contributed by atoms with E-state index < -0.39 is 0 Å². The van der Waals surface area contributed by atoms with Gasteiger partial charge in [-0.15, -0.1) is 11.3 Å². The van der Waals surface area contributed by atoms with Gasteiger partial charge in [0.1, 0.15) is 0 Å². The van der Waals surface area contributed by atoms with Gasteiger partial charge in [0.15, 0.2) is 0 Å². The minimum absolute atomic E-state index is 0.291. The molecule has 0 radical (unpaired) electrons. The maximum Gasteiger partial charge on any atom is 0.0631 e. The third-order valence-corrected chi connectivity index (χ3v) is 5.53. The summed E-state index contributed by atoms with van der Waals surface area (Å²) in [7, 11) is 0. The van der Waals surface area contributed by atoms with Crippen LogP contribution in [-0.4, -0.2) is 36.1 Å². The summed E-state index contributed by atoms with van der Waals surface area (Å²) in [5, 5.41) is 7.22. The van der Waals surface area contributed by atoms with E-state index in [-0.39, 0.29) is 0 Å². The second-order valence-electron chi connectivity index (χ2n) is 6.02. The number of hydrogen-bond donors (Lipinski definition) is 1. The largest absolute Gasteiger partial charge is 0.315 e. The molecule has 1 atom stereocenters. The molecule has 4 rings (SSSR count). The van der Waals surface area contributed by atoms with Gasteiger partial charge >= 0.3 is 0 Å². The van der Waals surface area contributed by atoms with Crippen molar-refractivity contribution in [2.75, 3.05) is 26.2 Å². The summed E-state index contributed by atoms with van der Waals surface area (Å²) >= 11 is 1.84. The highest BCUT2D eigenvalue weighted by Crippen LogP contribution is 2.37. The Morgan fingerprint density at radius 1 is 1.09 bits per heavy atom. The predicted molar refractivity (Wildman–Crippen MR) is 97.0 cm³/mol. The highest BCUT2D eigenvalue weighted by Gasteiger charge is 2.25. The molecule has 23 heavy (non-hydrogen) atoms. The lowest BCUT2D eigenvalue weighted by Gasteiger charge is -2.30. The number of fused-ring (bicyclic) bond motifs is 1. The molecule has 0 saturated carbocycles. The summed E-state index contributed by atoms with van der Waals surface area (Å²) in [6.07, 6.45) is 5.07. The fraction of sp³-hybridized carbons (Fsp3) is 0.316. The van der Waals surface area contributed by atoms with Crippen molar-refractivity contribution in [1.82, 2.24) is 15.2 Å². The standard InChI is InChI=1S/C19H21N3S/c1-2-7-18-16(6-1)17(14-23-18)19(15-5-3-8-21-13-15)22-11-4-9-20-10-12-22/h1-3,5-8,13-14,19-20H,4,9-12H2. The number of aromatic nitrogens is 1. The molecular formula is C19H21N3S. The Bertz CT molecular complexity index is 760. The van der Waals surface area contributed by atoms with Crippen LogP contribution in [0.25, 0.3) is 10.1 Å². The highest BCUT2D eigenvalue weighted by atomic mass is 32.1. The number of pyridine rings is 1. The first-order valence-corrected chi connectivity index (χ1v) is 9.12. The maximum atomic E-state index is 4.37. The van der Waals surface area contributed by atoms with Crippen LogP contribution in [0.3, 0.4) is 0 Å². The van der Waals surface area contributed by atoms with Gasteiger partial charge in [0.2, 0.25) is 0 Å². The van der Waals surface area contributed by atoms with Crippen LogP contribution in [0.2, 0.25) is 0 Å². The molecule has 0 bridgehead atoms. The van der Waals surface area contributed by atoms with Crippen molar-refractivity contribution in [1.29, 1.82) is 0 Å². The average molecular weight is 323 g/mol. The fourth-order valence-corrected chi connectivity index (χ4v) is 4.44. The van der Waals surface area contributed by atoms with Gasteiger partial charge in [-0.1, -0.05) is 24.3 Å². The Morgan fingerprint density at radius 3 is 2.96 bits per heavy atom. The third kappa shape index (κ3) is 3.02. The van der Waals surface area contributed by atoms with Crippen LogP contribution in [0, 0.1) is 0 Å². The molecule has 0 amide bonds. The first kappa shape index (κ1) is 14.8. The Balaban J connectivity index is 1.81. The summed E-state index contributed by atoms with van der Waals surface area (Å²) < 4.78 is 1.37. The highest BCUT2D eigenvalue weighted by molar-refractivity contribution is 7.17. The maximum absolute atomic E-state index is 4.37. The van der Waals surface area contributed by atoms with Gasteiger partial charge in [0.25, 0.3) is 0 Å². The first-order valence-electron chi connectivity index (χ1n) is 8.24. The molecule has 1 N–H and O–H groups in total. The Kier molecular flexibility index (Phi) is 4.37. The van der Waals surface area contributed by atoms with Crippen molar-refractivity contribution in [2.24, 2.45) is 0 Å². The molecule has 3 aromatic rings. The summed E-state index contributed by atoms with van der Waals surface area (Å²) in [6, 6.07) is 13.3. The van der Waals surface area contributed by atoms with Crippen molar-refractivity contribution in [3.8, 4) is 0 Å².